The van der Waals surface area contributed by atoms with Gasteiger partial charge in [-0.1, -0.05) is 121 Å². The van der Waals surface area contributed by atoms with Crippen molar-refractivity contribution in [1.82, 2.24) is 19.5 Å². The lowest BCUT2D eigenvalue weighted by atomic mass is 10.0. The molecule has 12 rings (SSSR count). The first kappa shape index (κ1) is 30.3. The number of furan rings is 1. The van der Waals surface area contributed by atoms with Crippen molar-refractivity contribution in [2.24, 2.45) is 0 Å². The molecule has 0 saturated carbocycles. The molecule has 0 fully saturated rings. The molecule has 0 aliphatic heterocycles. The summed E-state index contributed by atoms with van der Waals surface area (Å²) >= 11 is 1.79. The van der Waals surface area contributed by atoms with Crippen LogP contribution in [0.15, 0.2) is 174 Å². The minimum Gasteiger partial charge on any atom is -0.456 e. The molecule has 256 valence electrons. The molecule has 55 heavy (non-hydrogen) atoms. The van der Waals surface area contributed by atoms with E-state index in [-0.39, 0.29) is 0 Å². The van der Waals surface area contributed by atoms with E-state index in [0.717, 1.165) is 60.7 Å². The summed E-state index contributed by atoms with van der Waals surface area (Å²) in [5.74, 6) is 1.84. The van der Waals surface area contributed by atoms with Gasteiger partial charge in [0.25, 0.3) is 0 Å². The molecule has 8 aromatic carbocycles. The first-order valence-electron chi connectivity index (χ1n) is 18.4. The maximum Gasteiger partial charge on any atom is 0.166 e. The van der Waals surface area contributed by atoms with Gasteiger partial charge in [-0.05, 0) is 59.3 Å². The first-order chi connectivity index (χ1) is 27.3. The highest BCUT2D eigenvalue weighted by molar-refractivity contribution is 7.25. The topological polar surface area (TPSA) is 56.7 Å². The van der Waals surface area contributed by atoms with Gasteiger partial charge < -0.3 is 8.98 Å². The minimum atomic E-state index is 0.592. The predicted octanol–water partition coefficient (Wildman–Crippen LogP) is 13.4. The van der Waals surface area contributed by atoms with Crippen LogP contribution in [0.25, 0.3) is 115 Å². The molecule has 0 radical (unpaired) electrons. The third-order valence-corrected chi connectivity index (χ3v) is 12.0. The SMILES string of the molecule is c1ccc(-c2nc(-c3ccc4oc5ccccc5c4c3-n3c4ccccc4c4cc5ccccc5cc43)nc(-c3cccc4sc5ccccc5c34)n2)cc1. The number of thiophene rings is 1. The van der Waals surface area contributed by atoms with Crippen LogP contribution in [0.5, 0.6) is 0 Å². The lowest BCUT2D eigenvalue weighted by molar-refractivity contribution is 0.669. The van der Waals surface area contributed by atoms with Crippen LogP contribution < -0.4 is 0 Å². The molecule has 0 N–H and O–H groups in total. The summed E-state index contributed by atoms with van der Waals surface area (Å²) in [4.78, 5) is 16.0. The molecule has 12 aromatic rings. The second-order valence-corrected chi connectivity index (χ2v) is 15.0. The second kappa shape index (κ2) is 11.7. The van der Waals surface area contributed by atoms with E-state index in [1.807, 2.05) is 30.3 Å². The number of hydrogen-bond acceptors (Lipinski definition) is 5. The van der Waals surface area contributed by atoms with Crippen molar-refractivity contribution in [3.8, 4) is 39.9 Å². The number of nitrogens with zero attached hydrogens (tertiary/aromatic N) is 4. The van der Waals surface area contributed by atoms with Gasteiger partial charge >= 0.3 is 0 Å². The van der Waals surface area contributed by atoms with Crippen LogP contribution in [-0.4, -0.2) is 19.5 Å². The third-order valence-electron chi connectivity index (χ3n) is 10.8. The fraction of sp³-hybridized carbons (Fsp3) is 0. The summed E-state index contributed by atoms with van der Waals surface area (Å²) in [6, 6.07) is 59.6. The van der Waals surface area contributed by atoms with E-state index >= 15 is 0 Å². The van der Waals surface area contributed by atoms with Gasteiger partial charge in [0, 0.05) is 53.0 Å². The molecule has 5 nitrogen and oxygen atoms in total. The Bertz CT molecular complexity index is 3500. The van der Waals surface area contributed by atoms with Crippen molar-refractivity contribution in [2.45, 2.75) is 0 Å². The largest absolute Gasteiger partial charge is 0.456 e. The van der Waals surface area contributed by atoms with Gasteiger partial charge in [-0.2, -0.15) is 0 Å². The molecular weight excluding hydrogens is 693 g/mol. The van der Waals surface area contributed by atoms with Crippen LogP contribution >= 0.6 is 11.3 Å². The molecule has 0 spiro atoms. The van der Waals surface area contributed by atoms with Gasteiger partial charge in [0.1, 0.15) is 11.2 Å². The zero-order valence-electron chi connectivity index (χ0n) is 29.3. The number of benzene rings is 8. The summed E-state index contributed by atoms with van der Waals surface area (Å²) in [5, 5.41) is 9.14. The molecular formula is C49H28N4OS. The predicted molar refractivity (Wildman–Crippen MR) is 228 cm³/mol. The van der Waals surface area contributed by atoms with Gasteiger partial charge in [0.05, 0.1) is 22.1 Å². The lowest BCUT2D eigenvalue weighted by Crippen LogP contribution is -2.04. The maximum absolute atomic E-state index is 6.58. The van der Waals surface area contributed by atoms with Gasteiger partial charge in [-0.15, -0.1) is 11.3 Å². The summed E-state index contributed by atoms with van der Waals surface area (Å²) < 4.78 is 11.4. The highest BCUT2D eigenvalue weighted by atomic mass is 32.1. The number of aromatic nitrogens is 4. The molecule has 0 aliphatic rings. The molecule has 0 bridgehead atoms. The standard InChI is InChI=1S/C49H28N4OS/c1-2-13-29(14-3-1)47-50-48(35-20-12-24-43-44(35)34-19-8-11-23-42(34)55-43)52-49(51-47)36-25-26-41-45(33-18-7-10-22-40(33)54-41)46(36)53-38-21-9-6-17-32(38)37-27-30-15-4-5-16-31(30)28-39(37)53/h1-28H. The van der Waals surface area contributed by atoms with Crippen LogP contribution in [0.3, 0.4) is 0 Å². The van der Waals surface area contributed by atoms with E-state index in [0.29, 0.717) is 17.5 Å². The maximum atomic E-state index is 6.58. The number of para-hydroxylation sites is 2. The van der Waals surface area contributed by atoms with Crippen LogP contribution in [-0.2, 0) is 0 Å². The first-order valence-corrected chi connectivity index (χ1v) is 19.2. The monoisotopic (exact) mass is 720 g/mol. The van der Waals surface area contributed by atoms with Crippen molar-refractivity contribution in [2.75, 3.05) is 0 Å². The Morgan fingerprint density at radius 1 is 0.418 bits per heavy atom. The van der Waals surface area contributed by atoms with Crippen LogP contribution in [0, 0.1) is 0 Å². The van der Waals surface area contributed by atoms with Gasteiger partial charge in [0.2, 0.25) is 0 Å². The molecule has 4 heterocycles. The Labute approximate surface area is 318 Å². The van der Waals surface area contributed by atoms with Gasteiger partial charge in [0.15, 0.2) is 17.5 Å². The number of hydrogen-bond donors (Lipinski definition) is 0. The molecule has 4 aromatic heterocycles. The fourth-order valence-electron chi connectivity index (χ4n) is 8.40. The van der Waals surface area contributed by atoms with E-state index in [2.05, 4.69) is 144 Å². The second-order valence-electron chi connectivity index (χ2n) is 14.0. The molecule has 0 saturated heterocycles. The Morgan fingerprint density at radius 2 is 1.09 bits per heavy atom. The molecule has 0 unspecified atom stereocenters. The summed E-state index contributed by atoms with van der Waals surface area (Å²) in [6.07, 6.45) is 0. The van der Waals surface area contributed by atoms with Crippen molar-refractivity contribution < 1.29 is 4.42 Å². The summed E-state index contributed by atoms with van der Waals surface area (Å²) in [5.41, 5.74) is 7.60. The Hall–Kier alpha value is -7.15. The average Bonchev–Trinajstić information content (AvgIpc) is 3.92. The molecule has 0 amide bonds. The van der Waals surface area contributed by atoms with Crippen molar-refractivity contribution in [1.29, 1.82) is 0 Å². The van der Waals surface area contributed by atoms with E-state index < -0.39 is 0 Å². The zero-order chi connectivity index (χ0) is 36.0. The molecule has 0 aliphatic carbocycles. The van der Waals surface area contributed by atoms with Crippen molar-refractivity contribution in [3.63, 3.8) is 0 Å². The van der Waals surface area contributed by atoms with Gasteiger partial charge in [-0.3, -0.25) is 0 Å². The molecule has 0 atom stereocenters. The summed E-state index contributed by atoms with van der Waals surface area (Å²) in [6.45, 7) is 0. The highest BCUT2D eigenvalue weighted by Crippen LogP contribution is 2.45. The normalized spacial score (nSPS) is 12.0. The zero-order valence-corrected chi connectivity index (χ0v) is 30.1. The number of fused-ring (bicyclic) bond motifs is 10. The fourth-order valence-corrected chi connectivity index (χ4v) is 9.53. The van der Waals surface area contributed by atoms with Crippen molar-refractivity contribution in [3.05, 3.63) is 170 Å². The van der Waals surface area contributed by atoms with Crippen LogP contribution in [0.1, 0.15) is 0 Å². The van der Waals surface area contributed by atoms with Crippen LogP contribution in [0.4, 0.5) is 0 Å². The smallest absolute Gasteiger partial charge is 0.166 e. The summed E-state index contributed by atoms with van der Waals surface area (Å²) in [7, 11) is 0. The van der Waals surface area contributed by atoms with Crippen LogP contribution in [0.2, 0.25) is 0 Å². The average molecular weight is 721 g/mol. The minimum absolute atomic E-state index is 0.592. The lowest BCUT2D eigenvalue weighted by Gasteiger charge is -2.16. The third kappa shape index (κ3) is 4.55. The Morgan fingerprint density at radius 3 is 1.96 bits per heavy atom. The quantitative estimate of drug-likeness (QED) is 0.182. The van der Waals surface area contributed by atoms with Crippen molar-refractivity contribution >= 4 is 86.0 Å². The Kier molecular flexibility index (Phi) is 6.44. The van der Waals surface area contributed by atoms with Gasteiger partial charge in [-0.25, -0.2) is 15.0 Å². The van der Waals surface area contributed by atoms with E-state index in [1.54, 1.807) is 11.3 Å². The van der Waals surface area contributed by atoms with E-state index in [1.165, 1.54) is 36.3 Å². The molecule has 6 heteroatoms. The number of rotatable bonds is 4. The van der Waals surface area contributed by atoms with E-state index in [4.69, 9.17) is 19.4 Å². The Balaban J connectivity index is 1.24. The van der Waals surface area contributed by atoms with E-state index in [9.17, 15) is 0 Å². The highest BCUT2D eigenvalue weighted by Gasteiger charge is 2.25.